The maximum Gasteiger partial charge on any atom is 0.292 e. The van der Waals surface area contributed by atoms with Crippen molar-refractivity contribution in [2.45, 2.75) is 19.4 Å². The number of rotatable bonds is 3. The van der Waals surface area contributed by atoms with E-state index in [-0.39, 0.29) is 0 Å². The quantitative estimate of drug-likeness (QED) is 0.619. The summed E-state index contributed by atoms with van der Waals surface area (Å²) in [6.07, 6.45) is 3.11. The summed E-state index contributed by atoms with van der Waals surface area (Å²) in [6.45, 7) is 1.22. The number of nitrogens with one attached hydrogen (secondary N) is 2. The van der Waals surface area contributed by atoms with Gasteiger partial charge in [0.15, 0.2) is 0 Å². The van der Waals surface area contributed by atoms with E-state index >= 15 is 0 Å². The van der Waals surface area contributed by atoms with Crippen LogP contribution in [-0.2, 0) is 16.1 Å². The molecule has 18 heavy (non-hydrogen) atoms. The van der Waals surface area contributed by atoms with Crippen molar-refractivity contribution in [3.8, 4) is 0 Å². The van der Waals surface area contributed by atoms with E-state index in [1.54, 1.807) is 6.20 Å². The highest BCUT2D eigenvalue weighted by atomic mass is 16.2. The second-order valence-corrected chi connectivity index (χ2v) is 4.22. The van der Waals surface area contributed by atoms with Crippen LogP contribution in [0.15, 0.2) is 42.1 Å². The maximum atomic E-state index is 11.7. The van der Waals surface area contributed by atoms with Crippen LogP contribution >= 0.6 is 0 Å². The first-order valence-electron chi connectivity index (χ1n) is 6.06. The molecule has 2 rings (SSSR count). The van der Waals surface area contributed by atoms with Gasteiger partial charge < -0.3 is 10.6 Å². The molecule has 0 aliphatic carbocycles. The van der Waals surface area contributed by atoms with Crippen LogP contribution < -0.4 is 10.6 Å². The topological polar surface area (TPSA) is 58.2 Å². The number of benzene rings is 1. The van der Waals surface area contributed by atoms with Crippen LogP contribution in [0.25, 0.3) is 0 Å². The number of carbonyl (C=O) groups excluding carboxylic acids is 2. The SMILES string of the molecule is O=C1NCCC/C(=C\NCc2ccccc2)C1=O. The molecule has 4 nitrogen and oxygen atoms in total. The Balaban J connectivity index is 1.95. The Hall–Kier alpha value is -2.10. The van der Waals surface area contributed by atoms with Crippen molar-refractivity contribution in [2.75, 3.05) is 6.54 Å². The van der Waals surface area contributed by atoms with Crippen LogP contribution in [0.5, 0.6) is 0 Å². The zero-order valence-electron chi connectivity index (χ0n) is 10.1. The van der Waals surface area contributed by atoms with E-state index in [2.05, 4.69) is 10.6 Å². The van der Waals surface area contributed by atoms with E-state index in [1.807, 2.05) is 30.3 Å². The minimum atomic E-state index is -0.500. The molecular weight excluding hydrogens is 228 g/mol. The Labute approximate surface area is 106 Å². The van der Waals surface area contributed by atoms with Gasteiger partial charge in [0.2, 0.25) is 5.78 Å². The number of hydrogen-bond acceptors (Lipinski definition) is 3. The van der Waals surface area contributed by atoms with Gasteiger partial charge >= 0.3 is 0 Å². The van der Waals surface area contributed by atoms with Crippen molar-refractivity contribution in [3.05, 3.63) is 47.7 Å². The van der Waals surface area contributed by atoms with Crippen LogP contribution in [0, 0.1) is 0 Å². The largest absolute Gasteiger partial charge is 0.386 e. The number of carbonyl (C=O) groups is 2. The average molecular weight is 244 g/mol. The smallest absolute Gasteiger partial charge is 0.292 e. The Bertz CT molecular complexity index is 466. The summed E-state index contributed by atoms with van der Waals surface area (Å²) in [5, 5.41) is 5.66. The van der Waals surface area contributed by atoms with Crippen molar-refractivity contribution in [1.29, 1.82) is 0 Å². The summed E-state index contributed by atoms with van der Waals surface area (Å²) < 4.78 is 0. The van der Waals surface area contributed by atoms with Gasteiger partial charge in [-0.1, -0.05) is 30.3 Å². The van der Waals surface area contributed by atoms with Gasteiger partial charge in [0.05, 0.1) is 0 Å². The maximum absolute atomic E-state index is 11.7. The number of ketones is 1. The van der Waals surface area contributed by atoms with Crippen LogP contribution in [0.1, 0.15) is 18.4 Å². The minimum Gasteiger partial charge on any atom is -0.386 e. The molecule has 1 aromatic carbocycles. The molecule has 1 aliphatic heterocycles. The van der Waals surface area contributed by atoms with Crippen LogP contribution in [0.3, 0.4) is 0 Å². The minimum absolute atomic E-state index is 0.423. The first kappa shape index (κ1) is 12.4. The Morgan fingerprint density at radius 1 is 1.22 bits per heavy atom. The molecule has 1 fully saturated rings. The van der Waals surface area contributed by atoms with Gasteiger partial charge in [-0.2, -0.15) is 0 Å². The predicted octanol–water partition coefficient (Wildman–Crippen LogP) is 1.14. The molecule has 94 valence electrons. The molecule has 1 heterocycles. The molecule has 1 amide bonds. The average Bonchev–Trinajstić information content (AvgIpc) is 2.55. The van der Waals surface area contributed by atoms with Gasteiger partial charge in [0, 0.05) is 24.9 Å². The summed E-state index contributed by atoms with van der Waals surface area (Å²) in [7, 11) is 0. The van der Waals surface area contributed by atoms with Crippen LogP contribution in [0.4, 0.5) is 0 Å². The summed E-state index contributed by atoms with van der Waals surface area (Å²) in [5.74, 6) is -0.923. The zero-order chi connectivity index (χ0) is 12.8. The summed E-state index contributed by atoms with van der Waals surface area (Å²) in [6, 6.07) is 9.91. The van der Waals surface area contributed by atoms with E-state index in [1.165, 1.54) is 0 Å². The van der Waals surface area contributed by atoms with E-state index in [0.29, 0.717) is 25.1 Å². The summed E-state index contributed by atoms with van der Waals surface area (Å²) in [5.41, 5.74) is 1.70. The Morgan fingerprint density at radius 3 is 2.78 bits per heavy atom. The van der Waals surface area contributed by atoms with E-state index in [9.17, 15) is 9.59 Å². The highest BCUT2D eigenvalue weighted by molar-refractivity contribution is 6.42. The Kier molecular flexibility index (Phi) is 4.12. The van der Waals surface area contributed by atoms with Crippen LogP contribution in [0.2, 0.25) is 0 Å². The molecule has 2 N–H and O–H groups in total. The first-order valence-corrected chi connectivity index (χ1v) is 6.06. The standard InChI is InChI=1S/C14H16N2O2/c17-13-12(7-4-8-16-14(13)18)10-15-9-11-5-2-1-3-6-11/h1-3,5-6,10,15H,4,7-9H2,(H,16,18)/b12-10+. The summed E-state index contributed by atoms with van der Waals surface area (Å²) in [4.78, 5) is 23.0. The fraction of sp³-hybridized carbons (Fsp3) is 0.286. The van der Waals surface area contributed by atoms with E-state index < -0.39 is 11.7 Å². The number of Topliss-reactive ketones (excluding diaryl/α,β-unsaturated/α-hetero) is 1. The second-order valence-electron chi connectivity index (χ2n) is 4.22. The molecule has 0 spiro atoms. The predicted molar refractivity (Wildman–Crippen MR) is 68.6 cm³/mol. The van der Waals surface area contributed by atoms with Crippen molar-refractivity contribution in [1.82, 2.24) is 10.6 Å². The van der Waals surface area contributed by atoms with E-state index in [4.69, 9.17) is 0 Å². The van der Waals surface area contributed by atoms with Gasteiger partial charge in [-0.15, -0.1) is 0 Å². The second kappa shape index (κ2) is 6.00. The van der Waals surface area contributed by atoms with Crippen molar-refractivity contribution < 1.29 is 9.59 Å². The highest BCUT2D eigenvalue weighted by Gasteiger charge is 2.21. The molecule has 0 radical (unpaired) electrons. The number of hydrogen-bond donors (Lipinski definition) is 2. The number of amides is 1. The molecule has 0 bridgehead atoms. The molecule has 0 atom stereocenters. The van der Waals surface area contributed by atoms with Crippen molar-refractivity contribution in [2.24, 2.45) is 0 Å². The normalized spacial score (nSPS) is 18.3. The molecule has 0 saturated carbocycles. The van der Waals surface area contributed by atoms with Gasteiger partial charge in [0.25, 0.3) is 5.91 Å². The third kappa shape index (κ3) is 3.20. The third-order valence-electron chi connectivity index (χ3n) is 2.83. The van der Waals surface area contributed by atoms with Gasteiger partial charge in [-0.25, -0.2) is 0 Å². The molecular formula is C14H16N2O2. The van der Waals surface area contributed by atoms with Gasteiger partial charge in [0.1, 0.15) is 0 Å². The van der Waals surface area contributed by atoms with Gasteiger partial charge in [-0.3, -0.25) is 9.59 Å². The molecule has 0 unspecified atom stereocenters. The fourth-order valence-electron chi connectivity index (χ4n) is 1.85. The fourth-order valence-corrected chi connectivity index (χ4v) is 1.85. The molecule has 0 aromatic heterocycles. The monoisotopic (exact) mass is 244 g/mol. The van der Waals surface area contributed by atoms with Gasteiger partial charge in [-0.05, 0) is 18.4 Å². The van der Waals surface area contributed by atoms with Crippen LogP contribution in [-0.4, -0.2) is 18.2 Å². The lowest BCUT2D eigenvalue weighted by Gasteiger charge is -2.04. The molecule has 1 aromatic rings. The van der Waals surface area contributed by atoms with Crippen molar-refractivity contribution >= 4 is 11.7 Å². The molecule has 1 aliphatic rings. The lowest BCUT2D eigenvalue weighted by Crippen LogP contribution is -2.29. The highest BCUT2D eigenvalue weighted by Crippen LogP contribution is 2.09. The van der Waals surface area contributed by atoms with E-state index in [0.717, 1.165) is 12.0 Å². The van der Waals surface area contributed by atoms with Crippen molar-refractivity contribution in [3.63, 3.8) is 0 Å². The Morgan fingerprint density at radius 2 is 2.00 bits per heavy atom. The third-order valence-corrected chi connectivity index (χ3v) is 2.83. The molecule has 1 saturated heterocycles. The first-order chi connectivity index (χ1) is 8.77. The lowest BCUT2D eigenvalue weighted by molar-refractivity contribution is -0.135. The summed E-state index contributed by atoms with van der Waals surface area (Å²) >= 11 is 0. The molecule has 4 heteroatoms. The zero-order valence-corrected chi connectivity index (χ0v) is 10.1. The lowest BCUT2D eigenvalue weighted by atomic mass is 10.1.